The summed E-state index contributed by atoms with van der Waals surface area (Å²) in [7, 11) is 0. The number of carbonyl (C=O) groups is 3. The Bertz CT molecular complexity index is 1510. The summed E-state index contributed by atoms with van der Waals surface area (Å²) in [5.74, 6) is -5.73. The summed E-state index contributed by atoms with van der Waals surface area (Å²) in [6, 6.07) is 3.55. The highest BCUT2D eigenvalue weighted by Gasteiger charge is 2.55. The Balaban J connectivity index is 1.40. The number of nitrogens with one attached hydrogen (secondary N) is 2. The Kier molecular flexibility index (Phi) is 22.8. The van der Waals surface area contributed by atoms with Crippen LogP contribution in [-0.2, 0) is 62.4 Å². The van der Waals surface area contributed by atoms with Gasteiger partial charge in [0, 0.05) is 31.6 Å². The highest BCUT2D eigenvalue weighted by molar-refractivity contribution is 5.79. The lowest BCUT2D eigenvalue weighted by atomic mass is 9.88. The van der Waals surface area contributed by atoms with E-state index in [-0.39, 0.29) is 25.2 Å². The quantitative estimate of drug-likeness (QED) is 0.0414. The number of unbranched alkanes of at least 4 members (excludes halogenated alkanes) is 3. The van der Waals surface area contributed by atoms with E-state index in [0.717, 1.165) is 12.8 Å². The standard InChI is InChI=1S/C37H58F2N6O14/c38-35(39)26-7-5-25(6-8-26)19-30(49)41-21-29(48)33(51)34-32(42-31(50)23-46)28(47)20-37(59-34,36(52)53)58-11-4-2-1-3-10-45-22-27(43-44-45)24-57-18-17-56-16-15-55-14-13-54-12-9-40/h5-8,22,28-29,32-35,46-48,51H,1-4,9-21,23-24,40H2,(H,41,49)(H,42,50)(H,52,53)/t28-,29+,32+,33+,34+,37+/m0/s1. The van der Waals surface area contributed by atoms with Gasteiger partial charge in [0.05, 0.1) is 90.3 Å². The molecular weight excluding hydrogens is 790 g/mol. The van der Waals surface area contributed by atoms with Crippen molar-refractivity contribution in [2.45, 2.75) is 94.3 Å². The number of aliphatic hydroxyl groups excluding tert-OH is 4. The number of ether oxygens (including phenoxy) is 6. The number of alkyl halides is 2. The van der Waals surface area contributed by atoms with E-state index < -0.39 is 80.0 Å². The first-order valence-corrected chi connectivity index (χ1v) is 19.4. The molecule has 1 aromatic carbocycles. The summed E-state index contributed by atoms with van der Waals surface area (Å²) in [6.07, 6.45) is -6.63. The minimum absolute atomic E-state index is 0.127. The van der Waals surface area contributed by atoms with E-state index in [0.29, 0.717) is 83.4 Å². The lowest BCUT2D eigenvalue weighted by Gasteiger charge is -2.46. The zero-order valence-electron chi connectivity index (χ0n) is 32.9. The zero-order chi connectivity index (χ0) is 43.0. The topological polar surface area (TPSA) is 289 Å². The molecule has 3 rings (SSSR count). The number of carbonyl (C=O) groups excluding carboxylic acids is 2. The average Bonchev–Trinajstić information content (AvgIpc) is 3.67. The minimum atomic E-state index is -2.68. The van der Waals surface area contributed by atoms with Crippen LogP contribution in [0.3, 0.4) is 0 Å². The third-order valence-electron chi connectivity index (χ3n) is 9.04. The number of aliphatic carboxylic acids is 1. The number of carboxylic acid groups (broad SMARTS) is 1. The van der Waals surface area contributed by atoms with E-state index in [9.17, 15) is 48.7 Å². The fraction of sp³-hybridized carbons (Fsp3) is 0.703. The van der Waals surface area contributed by atoms with E-state index in [4.69, 9.17) is 34.2 Å². The van der Waals surface area contributed by atoms with Crippen LogP contribution in [0.5, 0.6) is 0 Å². The molecule has 22 heteroatoms. The summed E-state index contributed by atoms with van der Waals surface area (Å²) >= 11 is 0. The van der Waals surface area contributed by atoms with E-state index >= 15 is 0 Å². The van der Waals surface area contributed by atoms with Gasteiger partial charge in [-0.25, -0.2) is 13.6 Å². The van der Waals surface area contributed by atoms with Crippen molar-refractivity contribution in [3.63, 3.8) is 0 Å². The molecule has 0 radical (unpaired) electrons. The van der Waals surface area contributed by atoms with Gasteiger partial charge in [0.25, 0.3) is 12.2 Å². The molecule has 0 aliphatic carbocycles. The molecular formula is C37H58F2N6O14. The van der Waals surface area contributed by atoms with Gasteiger partial charge in [0.2, 0.25) is 11.8 Å². The fourth-order valence-corrected chi connectivity index (χ4v) is 5.93. The van der Waals surface area contributed by atoms with Crippen molar-refractivity contribution < 1.29 is 77.1 Å². The Morgan fingerprint density at radius 2 is 1.58 bits per heavy atom. The van der Waals surface area contributed by atoms with Crippen LogP contribution in [0.2, 0.25) is 0 Å². The number of benzene rings is 1. The number of hydrogen-bond donors (Lipinski definition) is 8. The maximum Gasteiger partial charge on any atom is 0.364 e. The number of nitrogens with zero attached hydrogens (tertiary/aromatic N) is 3. The van der Waals surface area contributed by atoms with Gasteiger partial charge in [-0.05, 0) is 18.4 Å². The van der Waals surface area contributed by atoms with E-state index in [1.165, 1.54) is 24.3 Å². The van der Waals surface area contributed by atoms with Crippen molar-refractivity contribution in [1.29, 1.82) is 0 Å². The molecule has 9 N–H and O–H groups in total. The van der Waals surface area contributed by atoms with E-state index in [1.807, 2.05) is 0 Å². The first-order valence-electron chi connectivity index (χ1n) is 19.4. The van der Waals surface area contributed by atoms with Crippen LogP contribution in [0.4, 0.5) is 8.78 Å². The Morgan fingerprint density at radius 3 is 2.20 bits per heavy atom. The number of aliphatic hydroxyl groups is 4. The predicted octanol–water partition coefficient (Wildman–Crippen LogP) is -1.19. The number of aromatic nitrogens is 3. The molecule has 20 nitrogen and oxygen atoms in total. The Hall–Kier alpha value is -3.81. The molecule has 1 saturated heterocycles. The van der Waals surface area contributed by atoms with Crippen molar-refractivity contribution in [3.8, 4) is 0 Å². The molecule has 0 spiro atoms. The lowest BCUT2D eigenvalue weighted by Crippen LogP contribution is -2.68. The van der Waals surface area contributed by atoms with Crippen LogP contribution < -0.4 is 16.4 Å². The Labute approximate surface area is 340 Å². The van der Waals surface area contributed by atoms with Crippen molar-refractivity contribution >= 4 is 17.8 Å². The number of hydrogen-bond acceptors (Lipinski definition) is 16. The molecule has 2 heterocycles. The molecule has 0 bridgehead atoms. The number of carboxylic acids is 1. The molecule has 2 amide bonds. The molecule has 6 atom stereocenters. The molecule has 334 valence electrons. The first kappa shape index (κ1) is 49.6. The lowest BCUT2D eigenvalue weighted by molar-refractivity contribution is -0.310. The number of nitrogens with two attached hydrogens (primary N) is 1. The molecule has 1 aliphatic heterocycles. The van der Waals surface area contributed by atoms with Gasteiger partial charge in [-0.3, -0.25) is 14.3 Å². The predicted molar refractivity (Wildman–Crippen MR) is 201 cm³/mol. The number of aryl methyl sites for hydroxylation is 1. The molecule has 1 aromatic heterocycles. The third-order valence-corrected chi connectivity index (χ3v) is 9.04. The van der Waals surface area contributed by atoms with E-state index in [1.54, 1.807) is 10.9 Å². The molecule has 1 aliphatic rings. The Morgan fingerprint density at radius 1 is 0.932 bits per heavy atom. The number of amides is 2. The van der Waals surface area contributed by atoms with Crippen LogP contribution in [0, 0.1) is 0 Å². The second kappa shape index (κ2) is 27.1. The van der Waals surface area contributed by atoms with Crippen molar-refractivity contribution in [3.05, 3.63) is 47.3 Å². The van der Waals surface area contributed by atoms with Gasteiger partial charge in [0.1, 0.15) is 24.5 Å². The maximum absolute atomic E-state index is 12.8. The molecule has 0 unspecified atom stereocenters. The van der Waals surface area contributed by atoms with Crippen LogP contribution in [-0.4, -0.2) is 167 Å². The SMILES string of the molecule is NCCOCCOCCOCCOCc1cn(CCCCCCO[C@]2(C(=O)O)C[C@H](O)[C@@H](NC(=O)CO)[C@H]([C@H](O)[C@H](O)CNC(=O)Cc3ccc(C(F)F)cc3)O2)nn1. The smallest absolute Gasteiger partial charge is 0.364 e. The zero-order valence-corrected chi connectivity index (χ0v) is 32.9. The molecule has 2 aromatic rings. The highest BCUT2D eigenvalue weighted by atomic mass is 19.3. The van der Waals surface area contributed by atoms with Crippen LogP contribution in [0.15, 0.2) is 30.5 Å². The van der Waals surface area contributed by atoms with Crippen LogP contribution >= 0.6 is 0 Å². The van der Waals surface area contributed by atoms with Crippen LogP contribution in [0.25, 0.3) is 0 Å². The van der Waals surface area contributed by atoms with Crippen LogP contribution in [0.1, 0.15) is 55.4 Å². The van der Waals surface area contributed by atoms with Gasteiger partial charge in [-0.2, -0.15) is 0 Å². The minimum Gasteiger partial charge on any atom is -0.477 e. The largest absolute Gasteiger partial charge is 0.477 e. The monoisotopic (exact) mass is 848 g/mol. The molecule has 1 fully saturated rings. The second-order valence-electron chi connectivity index (χ2n) is 13.7. The van der Waals surface area contributed by atoms with E-state index in [2.05, 4.69) is 20.9 Å². The van der Waals surface area contributed by atoms with Gasteiger partial charge in [0.15, 0.2) is 0 Å². The fourth-order valence-electron chi connectivity index (χ4n) is 5.93. The third kappa shape index (κ3) is 17.8. The first-order chi connectivity index (χ1) is 28.4. The summed E-state index contributed by atoms with van der Waals surface area (Å²) in [6.45, 7) is 2.73. The van der Waals surface area contributed by atoms with Crippen molar-refractivity contribution in [2.24, 2.45) is 5.73 Å². The molecule has 0 saturated carbocycles. The van der Waals surface area contributed by atoms with Crippen molar-refractivity contribution in [2.75, 3.05) is 72.6 Å². The van der Waals surface area contributed by atoms with Gasteiger partial charge in [-0.15, -0.1) is 5.10 Å². The van der Waals surface area contributed by atoms with Gasteiger partial charge in [-0.1, -0.05) is 42.3 Å². The number of halogens is 2. The summed E-state index contributed by atoms with van der Waals surface area (Å²) in [4.78, 5) is 37.1. The molecule has 59 heavy (non-hydrogen) atoms. The highest BCUT2D eigenvalue weighted by Crippen LogP contribution is 2.34. The number of rotatable bonds is 31. The summed E-state index contributed by atoms with van der Waals surface area (Å²) < 4.78 is 60.4. The van der Waals surface area contributed by atoms with Crippen molar-refractivity contribution in [1.82, 2.24) is 25.6 Å². The average molecular weight is 849 g/mol. The normalized spacial score (nSPS) is 20.4. The van der Waals surface area contributed by atoms with Gasteiger partial charge >= 0.3 is 5.97 Å². The maximum atomic E-state index is 12.8. The van der Waals surface area contributed by atoms with Gasteiger partial charge < -0.3 is 70.3 Å². The second-order valence-corrected chi connectivity index (χ2v) is 13.7. The summed E-state index contributed by atoms with van der Waals surface area (Å²) in [5.41, 5.74) is 6.18. The summed E-state index contributed by atoms with van der Waals surface area (Å²) in [5, 5.41) is 65.2.